The molecule has 0 saturated heterocycles. The first-order chi connectivity index (χ1) is 12.5. The molecule has 0 amide bonds. The molecule has 0 aliphatic heterocycles. The minimum absolute atomic E-state index is 0.149. The van der Waals surface area contributed by atoms with Crippen molar-refractivity contribution in [2.75, 3.05) is 6.61 Å². The number of Topliss-reactive ketones (excluding diaryl/α,β-unsaturated/α-hetero) is 1. The van der Waals surface area contributed by atoms with Crippen molar-refractivity contribution in [1.82, 2.24) is 0 Å². The molecule has 0 aliphatic rings. The van der Waals surface area contributed by atoms with Gasteiger partial charge >= 0.3 is 8.56 Å². The summed E-state index contributed by atoms with van der Waals surface area (Å²) >= 11 is 0. The highest BCUT2D eigenvalue weighted by Crippen LogP contribution is 2.25. The summed E-state index contributed by atoms with van der Waals surface area (Å²) in [6.07, 6.45) is 0.958. The van der Waals surface area contributed by atoms with Gasteiger partial charge in [0.1, 0.15) is 5.75 Å². The lowest BCUT2D eigenvalue weighted by atomic mass is 9.86. The zero-order valence-electron chi connectivity index (χ0n) is 19.6. The van der Waals surface area contributed by atoms with Crippen LogP contribution in [0.1, 0.15) is 37.6 Å². The molecule has 0 atom stereocenters. The van der Waals surface area contributed by atoms with Gasteiger partial charge in [0.05, 0.1) is 6.61 Å². The van der Waals surface area contributed by atoms with Gasteiger partial charge < -0.3 is 13.0 Å². The van der Waals surface area contributed by atoms with Gasteiger partial charge in [0.15, 0.2) is 22.4 Å². The number of carbonyl (C=O) groups excluding carboxylic acids is 1. The topological polar surface area (TPSA) is 44.8 Å². The van der Waals surface area contributed by atoms with Crippen LogP contribution in [-0.4, -0.2) is 37.6 Å². The van der Waals surface area contributed by atoms with Gasteiger partial charge in [0.25, 0.3) is 0 Å². The highest BCUT2D eigenvalue weighted by atomic mass is 28.5. The van der Waals surface area contributed by atoms with Crippen LogP contribution in [0.5, 0.6) is 5.75 Å². The van der Waals surface area contributed by atoms with E-state index in [1.807, 2.05) is 45.0 Å². The summed E-state index contributed by atoms with van der Waals surface area (Å²) in [7, 11) is -5.46. The maximum atomic E-state index is 12.3. The molecule has 1 aromatic rings. The number of ketones is 1. The van der Waals surface area contributed by atoms with Crippen LogP contribution in [0.4, 0.5) is 0 Å². The third kappa shape index (κ3) is 9.65. The summed E-state index contributed by atoms with van der Waals surface area (Å²) in [5, 5.41) is 0. The van der Waals surface area contributed by atoms with E-state index in [0.717, 1.165) is 23.8 Å². The van der Waals surface area contributed by atoms with Gasteiger partial charge in [0, 0.05) is 11.0 Å². The standard InChI is InChI=1S/C21H40O4Si3/c1-21(2,3)20(22)18-12-14-19(15-13-18)23-16-11-17-27(7,8)25-28(9,10)24-26(4,5)6/h12-15H,11,16-17H2,1-10H3. The molecule has 0 spiro atoms. The molecule has 0 heterocycles. The molecule has 0 bridgehead atoms. The predicted octanol–water partition coefficient (Wildman–Crippen LogP) is 6.46. The van der Waals surface area contributed by atoms with Gasteiger partial charge in [-0.05, 0) is 82.6 Å². The van der Waals surface area contributed by atoms with E-state index in [1.54, 1.807) is 0 Å². The first kappa shape index (κ1) is 25.3. The lowest BCUT2D eigenvalue weighted by Crippen LogP contribution is -2.51. The van der Waals surface area contributed by atoms with Crippen molar-refractivity contribution < 1.29 is 17.8 Å². The molecule has 7 heteroatoms. The quantitative estimate of drug-likeness (QED) is 0.238. The van der Waals surface area contributed by atoms with Crippen molar-refractivity contribution in [3.63, 3.8) is 0 Å². The van der Waals surface area contributed by atoms with Crippen molar-refractivity contribution in [3.8, 4) is 5.75 Å². The number of carbonyl (C=O) groups is 1. The first-order valence-electron chi connectivity index (χ1n) is 10.2. The third-order valence-electron chi connectivity index (χ3n) is 4.06. The van der Waals surface area contributed by atoms with Gasteiger partial charge in [-0.1, -0.05) is 20.8 Å². The van der Waals surface area contributed by atoms with Gasteiger partial charge in [-0.15, -0.1) is 0 Å². The number of rotatable bonds is 10. The van der Waals surface area contributed by atoms with Crippen LogP contribution in [0.3, 0.4) is 0 Å². The molecule has 160 valence electrons. The summed E-state index contributed by atoms with van der Waals surface area (Å²) in [6.45, 7) is 22.0. The molecular weight excluding hydrogens is 400 g/mol. The molecule has 28 heavy (non-hydrogen) atoms. The van der Waals surface area contributed by atoms with E-state index in [1.165, 1.54) is 0 Å². The van der Waals surface area contributed by atoms with Crippen molar-refractivity contribution in [3.05, 3.63) is 29.8 Å². The highest BCUT2D eigenvalue weighted by molar-refractivity contribution is 6.87. The number of hydrogen-bond donors (Lipinski definition) is 0. The second-order valence-electron chi connectivity index (χ2n) is 10.5. The van der Waals surface area contributed by atoms with Crippen LogP contribution in [0.25, 0.3) is 0 Å². The molecule has 0 fully saturated rings. The average molecular weight is 441 g/mol. The Balaban J connectivity index is 2.48. The lowest BCUT2D eigenvalue weighted by molar-refractivity contribution is 0.0858. The van der Waals surface area contributed by atoms with Crippen LogP contribution in [-0.2, 0) is 8.23 Å². The summed E-state index contributed by atoms with van der Waals surface area (Å²) in [5.74, 6) is 0.957. The van der Waals surface area contributed by atoms with Crippen molar-refractivity contribution in [1.29, 1.82) is 0 Å². The molecule has 0 N–H and O–H groups in total. The largest absolute Gasteiger partial charge is 0.494 e. The van der Waals surface area contributed by atoms with Gasteiger partial charge in [0.2, 0.25) is 0 Å². The fourth-order valence-corrected chi connectivity index (χ4v) is 16.5. The van der Waals surface area contributed by atoms with E-state index in [0.29, 0.717) is 6.61 Å². The highest BCUT2D eigenvalue weighted by Gasteiger charge is 2.37. The Morgan fingerprint density at radius 1 is 0.893 bits per heavy atom. The second kappa shape index (κ2) is 9.38. The molecule has 0 saturated carbocycles. The zero-order valence-corrected chi connectivity index (χ0v) is 22.6. The second-order valence-corrected chi connectivity index (χ2v) is 23.2. The molecule has 1 rings (SSSR count). The summed E-state index contributed by atoms with van der Waals surface area (Å²) < 4.78 is 18.7. The molecular formula is C21H40O4Si3. The monoisotopic (exact) mass is 440 g/mol. The average Bonchev–Trinajstić information content (AvgIpc) is 2.47. The van der Waals surface area contributed by atoms with E-state index in [-0.39, 0.29) is 11.2 Å². The smallest absolute Gasteiger partial charge is 0.311 e. The van der Waals surface area contributed by atoms with E-state index in [9.17, 15) is 4.79 Å². The van der Waals surface area contributed by atoms with Crippen LogP contribution in [0.2, 0.25) is 51.9 Å². The van der Waals surface area contributed by atoms with E-state index in [2.05, 4.69) is 45.8 Å². The minimum Gasteiger partial charge on any atom is -0.494 e. The van der Waals surface area contributed by atoms with E-state index >= 15 is 0 Å². The Bertz CT molecular complexity index is 641. The summed E-state index contributed by atoms with van der Waals surface area (Å²) in [6, 6.07) is 8.52. The summed E-state index contributed by atoms with van der Waals surface area (Å²) in [4.78, 5) is 12.3. The Labute approximate surface area is 175 Å². The number of hydrogen-bond acceptors (Lipinski definition) is 4. The van der Waals surface area contributed by atoms with E-state index in [4.69, 9.17) is 13.0 Å². The predicted molar refractivity (Wildman–Crippen MR) is 126 cm³/mol. The van der Waals surface area contributed by atoms with Crippen LogP contribution < -0.4 is 4.74 Å². The lowest BCUT2D eigenvalue weighted by Gasteiger charge is -2.37. The molecule has 4 nitrogen and oxygen atoms in total. The number of ether oxygens (including phenoxy) is 1. The van der Waals surface area contributed by atoms with Crippen LogP contribution in [0.15, 0.2) is 24.3 Å². The molecule has 0 unspecified atom stereocenters. The maximum absolute atomic E-state index is 12.3. The van der Waals surface area contributed by atoms with Gasteiger partial charge in [-0.2, -0.15) is 0 Å². The summed E-state index contributed by atoms with van der Waals surface area (Å²) in [5.41, 5.74) is 0.367. The van der Waals surface area contributed by atoms with E-state index < -0.39 is 25.2 Å². The Morgan fingerprint density at radius 3 is 1.89 bits per heavy atom. The molecule has 1 aromatic carbocycles. The SMILES string of the molecule is CC(C)(C)C(=O)c1ccc(OCCC[Si](C)(C)O[Si](C)(C)O[Si](C)(C)C)cc1. The Kier molecular flexibility index (Phi) is 8.48. The van der Waals surface area contributed by atoms with Crippen molar-refractivity contribution in [2.24, 2.45) is 5.41 Å². The van der Waals surface area contributed by atoms with Crippen LogP contribution >= 0.6 is 0 Å². The first-order valence-corrected chi connectivity index (χ1v) is 19.5. The van der Waals surface area contributed by atoms with Gasteiger partial charge in [-0.25, -0.2) is 0 Å². The zero-order chi connectivity index (χ0) is 21.8. The van der Waals surface area contributed by atoms with Crippen molar-refractivity contribution in [2.45, 2.75) is 79.1 Å². The Morgan fingerprint density at radius 2 is 1.43 bits per heavy atom. The van der Waals surface area contributed by atoms with Gasteiger partial charge in [-0.3, -0.25) is 4.79 Å². The fourth-order valence-electron chi connectivity index (χ4n) is 3.30. The fraction of sp³-hybridized carbons (Fsp3) is 0.667. The molecule has 0 radical (unpaired) electrons. The van der Waals surface area contributed by atoms with Crippen LogP contribution in [0, 0.1) is 5.41 Å². The Hall–Kier alpha value is -0.739. The normalized spacial score (nSPS) is 13.5. The minimum atomic E-state index is -2.08. The third-order valence-corrected chi connectivity index (χ3v) is 14.2. The number of benzene rings is 1. The maximum Gasteiger partial charge on any atom is 0.311 e. The molecule has 0 aromatic heterocycles. The van der Waals surface area contributed by atoms with Crippen molar-refractivity contribution >= 4 is 31.0 Å². The molecule has 0 aliphatic carbocycles.